The van der Waals surface area contributed by atoms with Crippen LogP contribution in [0, 0.1) is 5.92 Å². The van der Waals surface area contributed by atoms with Crippen molar-refractivity contribution in [1.29, 1.82) is 0 Å². The SMILES string of the molecule is CCc1c(N)nnn1Cc1ncnn1CC(C)C. The quantitative estimate of drug-likeness (QED) is 0.843. The van der Waals surface area contributed by atoms with Gasteiger partial charge in [0.25, 0.3) is 0 Å². The molecule has 0 aliphatic carbocycles. The first kappa shape index (κ1) is 12.5. The standard InChI is InChI=1S/C11H19N7/c1-4-9-11(12)15-16-17(9)6-10-13-7-14-18(10)5-8(2)3/h7-8H,4-6,12H2,1-3H3. The van der Waals surface area contributed by atoms with Gasteiger partial charge < -0.3 is 5.73 Å². The van der Waals surface area contributed by atoms with Gasteiger partial charge in [-0.2, -0.15) is 5.10 Å². The van der Waals surface area contributed by atoms with Crippen LogP contribution >= 0.6 is 0 Å². The average molecular weight is 249 g/mol. The second kappa shape index (κ2) is 5.16. The smallest absolute Gasteiger partial charge is 0.169 e. The van der Waals surface area contributed by atoms with Crippen LogP contribution in [0.2, 0.25) is 0 Å². The third-order valence-electron chi connectivity index (χ3n) is 2.73. The molecule has 2 aromatic rings. The molecule has 0 unspecified atom stereocenters. The highest BCUT2D eigenvalue weighted by molar-refractivity contribution is 5.32. The molecule has 0 bridgehead atoms. The summed E-state index contributed by atoms with van der Waals surface area (Å²) in [6, 6.07) is 0. The Morgan fingerprint density at radius 3 is 2.78 bits per heavy atom. The van der Waals surface area contributed by atoms with Gasteiger partial charge in [-0.15, -0.1) is 5.10 Å². The van der Waals surface area contributed by atoms with Crippen molar-refractivity contribution >= 4 is 5.82 Å². The zero-order valence-electron chi connectivity index (χ0n) is 11.0. The number of nitrogens with two attached hydrogens (primary N) is 1. The molecule has 2 aromatic heterocycles. The maximum Gasteiger partial charge on any atom is 0.169 e. The topological polar surface area (TPSA) is 87.4 Å². The fraction of sp³-hybridized carbons (Fsp3) is 0.636. The molecular weight excluding hydrogens is 230 g/mol. The molecule has 0 saturated carbocycles. The molecule has 7 heteroatoms. The van der Waals surface area contributed by atoms with Crippen molar-refractivity contribution in [3.8, 4) is 0 Å². The lowest BCUT2D eigenvalue weighted by Crippen LogP contribution is -2.15. The Morgan fingerprint density at radius 1 is 1.33 bits per heavy atom. The fourth-order valence-corrected chi connectivity index (χ4v) is 1.88. The zero-order chi connectivity index (χ0) is 13.1. The Bertz CT molecular complexity index is 511. The summed E-state index contributed by atoms with van der Waals surface area (Å²) in [4.78, 5) is 4.27. The molecule has 98 valence electrons. The number of aromatic nitrogens is 6. The van der Waals surface area contributed by atoms with E-state index in [9.17, 15) is 0 Å². The van der Waals surface area contributed by atoms with Gasteiger partial charge in [0.15, 0.2) is 5.82 Å². The fourth-order valence-electron chi connectivity index (χ4n) is 1.88. The summed E-state index contributed by atoms with van der Waals surface area (Å²) in [5, 5.41) is 12.2. The normalized spacial score (nSPS) is 11.3. The number of nitrogen functional groups attached to an aromatic ring is 1. The Morgan fingerprint density at radius 2 is 2.11 bits per heavy atom. The van der Waals surface area contributed by atoms with E-state index in [2.05, 4.69) is 34.2 Å². The molecule has 2 rings (SSSR count). The molecule has 2 N–H and O–H groups in total. The summed E-state index contributed by atoms with van der Waals surface area (Å²) in [7, 11) is 0. The monoisotopic (exact) mass is 249 g/mol. The Kier molecular flexibility index (Phi) is 3.59. The molecule has 0 amide bonds. The van der Waals surface area contributed by atoms with Crippen LogP contribution in [0.1, 0.15) is 32.3 Å². The van der Waals surface area contributed by atoms with Crippen LogP contribution in [-0.4, -0.2) is 29.8 Å². The largest absolute Gasteiger partial charge is 0.381 e. The molecule has 7 nitrogen and oxygen atoms in total. The molecule has 2 heterocycles. The van der Waals surface area contributed by atoms with Gasteiger partial charge in [-0.25, -0.2) is 14.3 Å². The van der Waals surface area contributed by atoms with Crippen molar-refractivity contribution < 1.29 is 0 Å². The number of rotatable bonds is 5. The van der Waals surface area contributed by atoms with E-state index in [4.69, 9.17) is 5.73 Å². The van der Waals surface area contributed by atoms with Gasteiger partial charge in [0, 0.05) is 6.54 Å². The van der Waals surface area contributed by atoms with Gasteiger partial charge in [-0.1, -0.05) is 26.0 Å². The van der Waals surface area contributed by atoms with Crippen molar-refractivity contribution in [2.75, 3.05) is 5.73 Å². The Hall–Kier alpha value is -1.92. The highest BCUT2D eigenvalue weighted by Gasteiger charge is 2.12. The molecule has 0 spiro atoms. The second-order valence-electron chi connectivity index (χ2n) is 4.68. The lowest BCUT2D eigenvalue weighted by atomic mass is 10.2. The van der Waals surface area contributed by atoms with Crippen LogP contribution < -0.4 is 5.73 Å². The van der Waals surface area contributed by atoms with Gasteiger partial charge in [0.2, 0.25) is 0 Å². The maximum atomic E-state index is 5.76. The van der Waals surface area contributed by atoms with Gasteiger partial charge in [-0.3, -0.25) is 0 Å². The first-order valence-electron chi connectivity index (χ1n) is 6.16. The first-order chi connectivity index (χ1) is 8.61. The number of hydrogen-bond acceptors (Lipinski definition) is 5. The molecule has 18 heavy (non-hydrogen) atoms. The van der Waals surface area contributed by atoms with Gasteiger partial charge in [0.1, 0.15) is 18.7 Å². The lowest BCUT2D eigenvalue weighted by molar-refractivity contribution is 0.452. The van der Waals surface area contributed by atoms with Crippen LogP contribution in [0.15, 0.2) is 6.33 Å². The van der Waals surface area contributed by atoms with E-state index in [1.54, 1.807) is 11.0 Å². The summed E-state index contributed by atoms with van der Waals surface area (Å²) in [6.07, 6.45) is 2.38. The minimum Gasteiger partial charge on any atom is -0.381 e. The predicted molar refractivity (Wildman–Crippen MR) is 67.8 cm³/mol. The number of anilines is 1. The highest BCUT2D eigenvalue weighted by atomic mass is 15.5. The summed E-state index contributed by atoms with van der Waals surface area (Å²) < 4.78 is 3.69. The van der Waals surface area contributed by atoms with E-state index < -0.39 is 0 Å². The number of nitrogens with zero attached hydrogens (tertiary/aromatic N) is 6. The first-order valence-corrected chi connectivity index (χ1v) is 6.16. The van der Waals surface area contributed by atoms with Crippen LogP contribution in [-0.2, 0) is 19.5 Å². The molecule has 0 fully saturated rings. The molecule has 0 atom stereocenters. The third kappa shape index (κ3) is 2.49. The minimum atomic E-state index is 0.493. The van der Waals surface area contributed by atoms with E-state index >= 15 is 0 Å². The summed E-state index contributed by atoms with van der Waals surface area (Å²) in [5.41, 5.74) is 6.70. The van der Waals surface area contributed by atoms with Crippen LogP contribution in [0.25, 0.3) is 0 Å². The van der Waals surface area contributed by atoms with E-state index in [0.29, 0.717) is 18.3 Å². The molecule has 0 saturated heterocycles. The Labute approximate surface area is 106 Å². The van der Waals surface area contributed by atoms with Gasteiger partial charge in [0.05, 0.1) is 5.69 Å². The van der Waals surface area contributed by atoms with Crippen molar-refractivity contribution in [3.63, 3.8) is 0 Å². The zero-order valence-corrected chi connectivity index (χ0v) is 11.0. The molecule has 0 aliphatic rings. The van der Waals surface area contributed by atoms with Crippen molar-refractivity contribution in [1.82, 2.24) is 29.8 Å². The minimum absolute atomic E-state index is 0.493. The number of hydrogen-bond donors (Lipinski definition) is 1. The van der Waals surface area contributed by atoms with Crippen LogP contribution in [0.4, 0.5) is 5.82 Å². The molecular formula is C11H19N7. The Balaban J connectivity index is 2.21. The van der Waals surface area contributed by atoms with Crippen molar-refractivity contribution in [2.45, 2.75) is 40.3 Å². The van der Waals surface area contributed by atoms with E-state index in [0.717, 1.165) is 24.5 Å². The van der Waals surface area contributed by atoms with E-state index in [1.165, 1.54) is 0 Å². The predicted octanol–water partition coefficient (Wildman–Crippen LogP) is 0.718. The average Bonchev–Trinajstić information content (AvgIpc) is 2.87. The maximum absolute atomic E-state index is 5.76. The van der Waals surface area contributed by atoms with E-state index in [1.807, 2.05) is 11.6 Å². The van der Waals surface area contributed by atoms with Gasteiger partial charge >= 0.3 is 0 Å². The third-order valence-corrected chi connectivity index (χ3v) is 2.73. The van der Waals surface area contributed by atoms with Crippen LogP contribution in [0.3, 0.4) is 0 Å². The molecule has 0 aromatic carbocycles. The highest BCUT2D eigenvalue weighted by Crippen LogP contribution is 2.10. The summed E-state index contributed by atoms with van der Waals surface area (Å²) >= 11 is 0. The second-order valence-corrected chi connectivity index (χ2v) is 4.68. The van der Waals surface area contributed by atoms with E-state index in [-0.39, 0.29) is 0 Å². The van der Waals surface area contributed by atoms with Crippen LogP contribution in [0.5, 0.6) is 0 Å². The summed E-state index contributed by atoms with van der Waals surface area (Å²) in [5.74, 6) is 1.90. The molecule has 0 radical (unpaired) electrons. The lowest BCUT2D eigenvalue weighted by Gasteiger charge is -2.09. The van der Waals surface area contributed by atoms with Crippen molar-refractivity contribution in [2.24, 2.45) is 5.92 Å². The van der Waals surface area contributed by atoms with Crippen molar-refractivity contribution in [3.05, 3.63) is 17.8 Å². The summed E-state index contributed by atoms with van der Waals surface area (Å²) in [6.45, 7) is 7.73. The molecule has 0 aliphatic heterocycles. The van der Waals surface area contributed by atoms with Gasteiger partial charge in [-0.05, 0) is 12.3 Å².